The molecule has 0 spiro atoms. The normalized spacial score (nSPS) is 23.7. The van der Waals surface area contributed by atoms with Crippen LogP contribution in [0, 0.1) is 10.8 Å². The summed E-state index contributed by atoms with van der Waals surface area (Å²) in [7, 11) is 0. The standard InChI is InChI=1S/C12H19NS/c1-11(2)10(12(11,3)4)13-7-9-5-6-14-8-9/h5-6,8,10,13H,7H2,1-4H3. The number of thiophene rings is 1. The van der Waals surface area contributed by atoms with Crippen LogP contribution in [0.1, 0.15) is 33.3 Å². The number of hydrogen-bond acceptors (Lipinski definition) is 2. The van der Waals surface area contributed by atoms with Crippen molar-refractivity contribution >= 4 is 11.3 Å². The van der Waals surface area contributed by atoms with Crippen molar-refractivity contribution in [2.75, 3.05) is 0 Å². The molecule has 0 radical (unpaired) electrons. The molecule has 0 aromatic carbocycles. The molecule has 1 aromatic rings. The minimum atomic E-state index is 0.447. The van der Waals surface area contributed by atoms with Gasteiger partial charge in [0.25, 0.3) is 0 Å². The Bertz CT molecular complexity index is 297. The Balaban J connectivity index is 1.90. The van der Waals surface area contributed by atoms with E-state index in [-0.39, 0.29) is 0 Å². The molecule has 0 bridgehead atoms. The fourth-order valence-corrected chi connectivity index (χ4v) is 2.99. The second-order valence-electron chi connectivity index (χ2n) is 5.39. The fraction of sp³-hybridized carbons (Fsp3) is 0.667. The summed E-state index contributed by atoms with van der Waals surface area (Å²) in [4.78, 5) is 0. The van der Waals surface area contributed by atoms with Gasteiger partial charge in [0.1, 0.15) is 0 Å². The molecule has 1 aliphatic rings. The highest BCUT2D eigenvalue weighted by Crippen LogP contribution is 2.62. The third-order valence-electron chi connectivity index (χ3n) is 4.11. The van der Waals surface area contributed by atoms with Crippen LogP contribution in [0.25, 0.3) is 0 Å². The molecule has 1 aromatic heterocycles. The van der Waals surface area contributed by atoms with Crippen LogP contribution in [0.4, 0.5) is 0 Å². The maximum atomic E-state index is 3.65. The van der Waals surface area contributed by atoms with E-state index in [1.54, 1.807) is 11.3 Å². The van der Waals surface area contributed by atoms with E-state index < -0.39 is 0 Å². The van der Waals surface area contributed by atoms with Gasteiger partial charge in [-0.15, -0.1) is 0 Å². The Labute approximate surface area is 90.5 Å². The minimum Gasteiger partial charge on any atom is -0.309 e. The molecule has 1 N–H and O–H groups in total. The molecule has 0 saturated heterocycles. The summed E-state index contributed by atoms with van der Waals surface area (Å²) in [6.45, 7) is 10.4. The van der Waals surface area contributed by atoms with Crippen molar-refractivity contribution in [1.82, 2.24) is 5.32 Å². The van der Waals surface area contributed by atoms with Gasteiger partial charge in [-0.05, 0) is 33.2 Å². The maximum Gasteiger partial charge on any atom is 0.0216 e. The molecule has 0 aliphatic heterocycles. The van der Waals surface area contributed by atoms with Crippen molar-refractivity contribution < 1.29 is 0 Å². The largest absolute Gasteiger partial charge is 0.309 e. The van der Waals surface area contributed by atoms with E-state index in [4.69, 9.17) is 0 Å². The Hall–Kier alpha value is -0.340. The number of hydrogen-bond donors (Lipinski definition) is 1. The van der Waals surface area contributed by atoms with E-state index in [1.807, 2.05) is 0 Å². The van der Waals surface area contributed by atoms with Crippen LogP contribution in [-0.2, 0) is 6.54 Å². The van der Waals surface area contributed by atoms with Crippen LogP contribution in [0.5, 0.6) is 0 Å². The van der Waals surface area contributed by atoms with E-state index in [2.05, 4.69) is 49.8 Å². The summed E-state index contributed by atoms with van der Waals surface area (Å²) in [5.74, 6) is 0. The van der Waals surface area contributed by atoms with Crippen molar-refractivity contribution in [2.24, 2.45) is 10.8 Å². The first-order valence-electron chi connectivity index (χ1n) is 5.21. The molecule has 1 aliphatic carbocycles. The molecule has 1 nitrogen and oxygen atoms in total. The Kier molecular flexibility index (Phi) is 2.24. The van der Waals surface area contributed by atoms with Crippen LogP contribution in [0.2, 0.25) is 0 Å². The lowest BCUT2D eigenvalue weighted by atomic mass is 10.0. The highest BCUT2D eigenvalue weighted by Gasteiger charge is 2.64. The molecule has 1 fully saturated rings. The number of rotatable bonds is 3. The molecular formula is C12H19NS. The van der Waals surface area contributed by atoms with Crippen molar-refractivity contribution in [3.63, 3.8) is 0 Å². The molecule has 14 heavy (non-hydrogen) atoms. The van der Waals surface area contributed by atoms with E-state index in [0.29, 0.717) is 16.9 Å². The SMILES string of the molecule is CC1(C)C(NCc2ccsc2)C1(C)C. The van der Waals surface area contributed by atoms with Crippen LogP contribution in [0.15, 0.2) is 16.8 Å². The van der Waals surface area contributed by atoms with E-state index in [9.17, 15) is 0 Å². The van der Waals surface area contributed by atoms with E-state index >= 15 is 0 Å². The van der Waals surface area contributed by atoms with Gasteiger partial charge in [0, 0.05) is 12.6 Å². The van der Waals surface area contributed by atoms with Gasteiger partial charge in [-0.2, -0.15) is 11.3 Å². The summed E-state index contributed by atoms with van der Waals surface area (Å²) in [5, 5.41) is 8.00. The van der Waals surface area contributed by atoms with Crippen LogP contribution in [0.3, 0.4) is 0 Å². The van der Waals surface area contributed by atoms with Gasteiger partial charge in [0.05, 0.1) is 0 Å². The first kappa shape index (κ1) is 10.2. The average Bonchev–Trinajstić information content (AvgIpc) is 2.54. The van der Waals surface area contributed by atoms with E-state index in [1.165, 1.54) is 5.56 Å². The lowest BCUT2D eigenvalue weighted by Gasteiger charge is -2.04. The van der Waals surface area contributed by atoms with Gasteiger partial charge >= 0.3 is 0 Å². The second-order valence-corrected chi connectivity index (χ2v) is 6.17. The third kappa shape index (κ3) is 1.41. The molecule has 1 saturated carbocycles. The Morgan fingerprint density at radius 1 is 1.29 bits per heavy atom. The van der Waals surface area contributed by atoms with Crippen LogP contribution >= 0.6 is 11.3 Å². The van der Waals surface area contributed by atoms with Gasteiger partial charge in [0.2, 0.25) is 0 Å². The lowest BCUT2D eigenvalue weighted by Crippen LogP contribution is -2.21. The van der Waals surface area contributed by atoms with Crippen molar-refractivity contribution in [3.05, 3.63) is 22.4 Å². The zero-order chi connectivity index (χ0) is 10.4. The monoisotopic (exact) mass is 209 g/mol. The van der Waals surface area contributed by atoms with Gasteiger partial charge in [-0.1, -0.05) is 27.7 Å². The average molecular weight is 209 g/mol. The van der Waals surface area contributed by atoms with Crippen molar-refractivity contribution in [3.8, 4) is 0 Å². The van der Waals surface area contributed by atoms with Gasteiger partial charge in [-0.3, -0.25) is 0 Å². The molecule has 2 heteroatoms. The summed E-state index contributed by atoms with van der Waals surface area (Å²) >= 11 is 1.77. The Morgan fingerprint density at radius 2 is 1.93 bits per heavy atom. The van der Waals surface area contributed by atoms with E-state index in [0.717, 1.165) is 6.54 Å². The first-order chi connectivity index (χ1) is 6.46. The summed E-state index contributed by atoms with van der Waals surface area (Å²) in [6, 6.07) is 2.86. The second kappa shape index (κ2) is 3.07. The number of nitrogens with one attached hydrogen (secondary N) is 1. The molecule has 0 unspecified atom stereocenters. The quantitative estimate of drug-likeness (QED) is 0.805. The summed E-state index contributed by atoms with van der Waals surface area (Å²) in [6.07, 6.45) is 0. The first-order valence-corrected chi connectivity index (χ1v) is 6.15. The van der Waals surface area contributed by atoms with Gasteiger partial charge in [0.15, 0.2) is 0 Å². The minimum absolute atomic E-state index is 0.447. The molecule has 78 valence electrons. The molecule has 0 amide bonds. The fourth-order valence-electron chi connectivity index (χ4n) is 2.32. The molecular weight excluding hydrogens is 190 g/mol. The van der Waals surface area contributed by atoms with Crippen molar-refractivity contribution in [1.29, 1.82) is 0 Å². The summed E-state index contributed by atoms with van der Waals surface area (Å²) < 4.78 is 0. The zero-order valence-electron chi connectivity index (χ0n) is 9.42. The smallest absolute Gasteiger partial charge is 0.0216 e. The highest BCUT2D eigenvalue weighted by molar-refractivity contribution is 7.07. The predicted octanol–water partition coefficient (Wildman–Crippen LogP) is 3.27. The molecule has 1 heterocycles. The maximum absolute atomic E-state index is 3.65. The van der Waals surface area contributed by atoms with Crippen molar-refractivity contribution in [2.45, 2.75) is 40.3 Å². The summed E-state index contributed by atoms with van der Waals surface area (Å²) in [5.41, 5.74) is 2.31. The van der Waals surface area contributed by atoms with Crippen LogP contribution in [-0.4, -0.2) is 6.04 Å². The highest BCUT2D eigenvalue weighted by atomic mass is 32.1. The Morgan fingerprint density at radius 3 is 2.36 bits per heavy atom. The van der Waals surface area contributed by atoms with Gasteiger partial charge in [-0.25, -0.2) is 0 Å². The topological polar surface area (TPSA) is 12.0 Å². The predicted molar refractivity (Wildman–Crippen MR) is 62.5 cm³/mol. The molecule has 0 atom stereocenters. The third-order valence-corrected chi connectivity index (χ3v) is 4.84. The lowest BCUT2D eigenvalue weighted by molar-refractivity contribution is 0.457. The van der Waals surface area contributed by atoms with Gasteiger partial charge < -0.3 is 5.32 Å². The van der Waals surface area contributed by atoms with Crippen LogP contribution < -0.4 is 5.32 Å². The zero-order valence-corrected chi connectivity index (χ0v) is 10.2. The molecule has 2 rings (SSSR count).